The molecule has 1 saturated heterocycles. The molecule has 1 amide bonds. The quantitative estimate of drug-likeness (QED) is 0.660. The van der Waals surface area contributed by atoms with Crippen LogP contribution in [0.4, 0.5) is 0 Å². The molecule has 14 heavy (non-hydrogen) atoms. The van der Waals surface area contributed by atoms with Crippen molar-refractivity contribution in [3.8, 4) is 0 Å². The van der Waals surface area contributed by atoms with Crippen LogP contribution in [0, 0.1) is 5.92 Å². The van der Waals surface area contributed by atoms with Crippen molar-refractivity contribution >= 4 is 11.7 Å². The van der Waals surface area contributed by atoms with Gasteiger partial charge in [-0.3, -0.25) is 9.59 Å². The maximum absolute atomic E-state index is 11.5. The molecule has 0 bridgehead atoms. The molecule has 1 atom stereocenters. The van der Waals surface area contributed by atoms with Gasteiger partial charge in [-0.2, -0.15) is 0 Å². The first-order valence-electron chi connectivity index (χ1n) is 4.74. The lowest BCUT2D eigenvalue weighted by atomic mass is 10.1. The molecule has 0 aromatic carbocycles. The van der Waals surface area contributed by atoms with Gasteiger partial charge in [-0.1, -0.05) is 0 Å². The molecular formula is C10H16N2O2. The van der Waals surface area contributed by atoms with Crippen molar-refractivity contribution in [2.75, 3.05) is 13.1 Å². The van der Waals surface area contributed by atoms with E-state index in [9.17, 15) is 9.59 Å². The molecule has 1 rings (SSSR count). The fourth-order valence-corrected chi connectivity index (χ4v) is 1.65. The first-order valence-corrected chi connectivity index (χ1v) is 4.74. The lowest BCUT2D eigenvalue weighted by Crippen LogP contribution is -2.24. The Morgan fingerprint density at radius 1 is 1.64 bits per heavy atom. The highest BCUT2D eigenvalue weighted by Crippen LogP contribution is 2.20. The summed E-state index contributed by atoms with van der Waals surface area (Å²) in [5, 5.41) is 0. The van der Waals surface area contributed by atoms with E-state index in [-0.39, 0.29) is 17.6 Å². The van der Waals surface area contributed by atoms with Gasteiger partial charge in [0, 0.05) is 24.7 Å². The van der Waals surface area contributed by atoms with Crippen molar-refractivity contribution in [2.24, 2.45) is 11.7 Å². The van der Waals surface area contributed by atoms with Gasteiger partial charge in [-0.25, -0.2) is 0 Å². The lowest BCUT2D eigenvalue weighted by molar-refractivity contribution is -0.126. The predicted molar refractivity (Wildman–Crippen MR) is 53.3 cm³/mol. The van der Waals surface area contributed by atoms with Crippen LogP contribution in [0.2, 0.25) is 0 Å². The fraction of sp³-hybridized carbons (Fsp3) is 0.600. The number of hydrogen-bond donors (Lipinski definition) is 1. The molecule has 1 heterocycles. The van der Waals surface area contributed by atoms with E-state index in [1.165, 1.54) is 13.0 Å². The van der Waals surface area contributed by atoms with E-state index >= 15 is 0 Å². The number of carbonyl (C=O) groups is 2. The van der Waals surface area contributed by atoms with Crippen molar-refractivity contribution < 1.29 is 9.59 Å². The minimum atomic E-state index is -0.0356. The van der Waals surface area contributed by atoms with E-state index in [1.54, 1.807) is 11.8 Å². The number of likely N-dealkylation sites (tertiary alicyclic amines) is 1. The first-order chi connectivity index (χ1) is 6.54. The average Bonchev–Trinajstić information content (AvgIpc) is 2.45. The third-order valence-corrected chi connectivity index (χ3v) is 2.38. The number of ketones is 1. The number of rotatable bonds is 3. The minimum absolute atomic E-state index is 0.0356. The second kappa shape index (κ2) is 4.37. The maximum Gasteiger partial charge on any atom is 0.227 e. The Morgan fingerprint density at radius 3 is 2.71 bits per heavy atom. The van der Waals surface area contributed by atoms with Crippen molar-refractivity contribution in [2.45, 2.75) is 20.3 Å². The molecule has 0 spiro atoms. The first kappa shape index (κ1) is 10.9. The molecule has 4 nitrogen and oxygen atoms in total. The third-order valence-electron chi connectivity index (χ3n) is 2.38. The molecule has 1 aliphatic heterocycles. The summed E-state index contributed by atoms with van der Waals surface area (Å²) in [5.74, 6) is 0.264. The molecule has 1 unspecified atom stereocenters. The third kappa shape index (κ3) is 2.42. The highest BCUT2D eigenvalue weighted by Gasteiger charge is 2.29. The van der Waals surface area contributed by atoms with Crippen molar-refractivity contribution in [1.82, 2.24) is 4.90 Å². The topological polar surface area (TPSA) is 63.4 Å². The Labute approximate surface area is 83.8 Å². The Kier molecular flexibility index (Phi) is 3.41. The molecule has 78 valence electrons. The summed E-state index contributed by atoms with van der Waals surface area (Å²) in [6, 6.07) is 0. The molecule has 0 saturated carbocycles. The number of allylic oxidation sites excluding steroid dienone is 2. The Hall–Kier alpha value is -1.16. The summed E-state index contributed by atoms with van der Waals surface area (Å²) >= 11 is 0. The summed E-state index contributed by atoms with van der Waals surface area (Å²) in [5.41, 5.74) is 6.22. The van der Waals surface area contributed by atoms with Crippen molar-refractivity contribution in [3.05, 3.63) is 11.8 Å². The van der Waals surface area contributed by atoms with Gasteiger partial charge in [-0.05, 0) is 26.3 Å². The summed E-state index contributed by atoms with van der Waals surface area (Å²) in [4.78, 5) is 24.0. The van der Waals surface area contributed by atoms with E-state index < -0.39 is 0 Å². The Balaban J connectivity index is 2.70. The van der Waals surface area contributed by atoms with Crippen LogP contribution >= 0.6 is 0 Å². The minimum Gasteiger partial charge on any atom is -0.330 e. The largest absolute Gasteiger partial charge is 0.330 e. The van der Waals surface area contributed by atoms with Crippen LogP contribution in [0.25, 0.3) is 0 Å². The predicted octanol–water partition coefficient (Wildman–Crippen LogP) is 0.286. The Bertz CT molecular complexity index is 284. The van der Waals surface area contributed by atoms with Crippen LogP contribution in [0.15, 0.2) is 11.8 Å². The second-order valence-corrected chi connectivity index (χ2v) is 3.71. The SMILES string of the molecule is CC(=O)C=C(C)N1CC(CN)CC1=O. The Morgan fingerprint density at radius 2 is 2.29 bits per heavy atom. The number of nitrogens with zero attached hydrogens (tertiary/aromatic N) is 1. The number of hydrogen-bond acceptors (Lipinski definition) is 3. The zero-order valence-corrected chi connectivity index (χ0v) is 8.62. The fourth-order valence-electron chi connectivity index (χ4n) is 1.65. The van der Waals surface area contributed by atoms with Crippen LogP contribution in [0.5, 0.6) is 0 Å². The summed E-state index contributed by atoms with van der Waals surface area (Å²) < 4.78 is 0. The van der Waals surface area contributed by atoms with E-state index in [4.69, 9.17) is 5.73 Å². The van der Waals surface area contributed by atoms with Gasteiger partial charge in [0.05, 0.1) is 0 Å². The molecule has 2 N–H and O–H groups in total. The highest BCUT2D eigenvalue weighted by atomic mass is 16.2. The summed E-state index contributed by atoms with van der Waals surface area (Å²) in [7, 11) is 0. The highest BCUT2D eigenvalue weighted by molar-refractivity contribution is 5.89. The summed E-state index contributed by atoms with van der Waals surface area (Å²) in [6.07, 6.45) is 1.98. The van der Waals surface area contributed by atoms with Gasteiger partial charge in [0.25, 0.3) is 0 Å². The molecule has 4 heteroatoms. The molecule has 1 aliphatic rings. The van der Waals surface area contributed by atoms with E-state index in [2.05, 4.69) is 0 Å². The van der Waals surface area contributed by atoms with Crippen LogP contribution in [-0.2, 0) is 9.59 Å². The average molecular weight is 196 g/mol. The van der Waals surface area contributed by atoms with Crippen LogP contribution in [0.3, 0.4) is 0 Å². The molecule has 0 aromatic heterocycles. The molecule has 1 fully saturated rings. The standard InChI is InChI=1S/C10H16N2O2/c1-7(3-8(2)13)12-6-9(5-11)4-10(12)14/h3,9H,4-6,11H2,1-2H3. The molecule has 0 aromatic rings. The number of carbonyl (C=O) groups excluding carboxylic acids is 2. The van der Waals surface area contributed by atoms with Gasteiger partial charge in [0.1, 0.15) is 0 Å². The second-order valence-electron chi connectivity index (χ2n) is 3.71. The van der Waals surface area contributed by atoms with Crippen LogP contribution < -0.4 is 5.73 Å². The van der Waals surface area contributed by atoms with Gasteiger partial charge < -0.3 is 10.6 Å². The van der Waals surface area contributed by atoms with Crippen LogP contribution in [0.1, 0.15) is 20.3 Å². The van der Waals surface area contributed by atoms with E-state index in [0.29, 0.717) is 19.5 Å². The summed E-state index contributed by atoms with van der Waals surface area (Å²) in [6.45, 7) is 4.42. The normalized spacial score (nSPS) is 23.1. The van der Waals surface area contributed by atoms with Gasteiger partial charge in [0.15, 0.2) is 5.78 Å². The molecule has 0 aliphatic carbocycles. The monoisotopic (exact) mass is 196 g/mol. The smallest absolute Gasteiger partial charge is 0.227 e. The van der Waals surface area contributed by atoms with E-state index in [0.717, 1.165) is 5.70 Å². The maximum atomic E-state index is 11.5. The van der Waals surface area contributed by atoms with Gasteiger partial charge >= 0.3 is 0 Å². The van der Waals surface area contributed by atoms with Crippen molar-refractivity contribution in [1.29, 1.82) is 0 Å². The number of amides is 1. The van der Waals surface area contributed by atoms with Crippen molar-refractivity contribution in [3.63, 3.8) is 0 Å². The van der Waals surface area contributed by atoms with E-state index in [1.807, 2.05) is 0 Å². The number of nitrogens with two attached hydrogens (primary N) is 1. The molecule has 0 radical (unpaired) electrons. The van der Waals surface area contributed by atoms with Gasteiger partial charge in [-0.15, -0.1) is 0 Å². The lowest BCUT2D eigenvalue weighted by Gasteiger charge is -2.16. The van der Waals surface area contributed by atoms with Gasteiger partial charge in [0.2, 0.25) is 5.91 Å². The molecular weight excluding hydrogens is 180 g/mol. The van der Waals surface area contributed by atoms with Crippen LogP contribution in [-0.4, -0.2) is 29.7 Å². The zero-order chi connectivity index (χ0) is 10.7. The zero-order valence-electron chi connectivity index (χ0n) is 8.62.